The first-order valence-corrected chi connectivity index (χ1v) is 9.63. The summed E-state index contributed by atoms with van der Waals surface area (Å²) < 4.78 is 0. The maximum Gasteiger partial charge on any atom is 0.234 e. The van der Waals surface area contributed by atoms with E-state index in [1.165, 1.54) is 12.0 Å². The van der Waals surface area contributed by atoms with Crippen molar-refractivity contribution in [3.63, 3.8) is 0 Å². The second-order valence-electron chi connectivity index (χ2n) is 7.80. The number of benzene rings is 1. The van der Waals surface area contributed by atoms with Gasteiger partial charge >= 0.3 is 0 Å². The maximum atomic E-state index is 12.4. The molecule has 2 aromatic rings. The molecule has 1 aromatic heterocycles. The van der Waals surface area contributed by atoms with Crippen molar-refractivity contribution in [1.82, 2.24) is 20.2 Å². The Labute approximate surface area is 160 Å². The van der Waals surface area contributed by atoms with Gasteiger partial charge < -0.3 is 10.2 Å². The Morgan fingerprint density at radius 2 is 1.81 bits per heavy atom. The van der Waals surface area contributed by atoms with Crippen LogP contribution in [-0.2, 0) is 11.3 Å². The lowest BCUT2D eigenvalue weighted by molar-refractivity contribution is -0.127. The van der Waals surface area contributed by atoms with Crippen LogP contribution in [0.5, 0.6) is 0 Å². The lowest BCUT2D eigenvalue weighted by Crippen LogP contribution is -2.70. The number of nitrogens with one attached hydrogen (secondary N) is 1. The van der Waals surface area contributed by atoms with Gasteiger partial charge in [-0.05, 0) is 32.8 Å². The third-order valence-corrected chi connectivity index (χ3v) is 5.56. The van der Waals surface area contributed by atoms with E-state index in [-0.39, 0.29) is 5.91 Å². The number of piperazine rings is 1. The van der Waals surface area contributed by atoms with E-state index in [2.05, 4.69) is 62.3 Å². The molecule has 6 heteroatoms. The van der Waals surface area contributed by atoms with Crippen LogP contribution < -0.4 is 10.2 Å². The van der Waals surface area contributed by atoms with E-state index in [9.17, 15) is 4.79 Å². The van der Waals surface area contributed by atoms with Gasteiger partial charge in [-0.15, -0.1) is 0 Å². The van der Waals surface area contributed by atoms with Crippen molar-refractivity contribution < 1.29 is 4.79 Å². The van der Waals surface area contributed by atoms with Crippen molar-refractivity contribution in [2.24, 2.45) is 0 Å². The van der Waals surface area contributed by atoms with Gasteiger partial charge in [0.2, 0.25) is 5.91 Å². The van der Waals surface area contributed by atoms with Crippen LogP contribution in [0.1, 0.15) is 29.1 Å². The number of hydrogen-bond donors (Lipinski definition) is 1. The second kappa shape index (κ2) is 7.27. The molecular formula is C21H27N5O. The fourth-order valence-electron chi connectivity index (χ4n) is 4.12. The molecular weight excluding hydrogens is 338 g/mol. The smallest absolute Gasteiger partial charge is 0.234 e. The Morgan fingerprint density at radius 1 is 1.11 bits per heavy atom. The molecule has 27 heavy (non-hydrogen) atoms. The summed E-state index contributed by atoms with van der Waals surface area (Å²) in [4.78, 5) is 26.0. The number of aryl methyl sites for hydroxylation is 3. The monoisotopic (exact) mass is 365 g/mol. The number of anilines is 1. The number of piperidine rings is 1. The molecule has 2 unspecified atom stereocenters. The summed E-state index contributed by atoms with van der Waals surface area (Å²) in [5.74, 6) is 1.93. The van der Waals surface area contributed by atoms with Crippen molar-refractivity contribution in [3.8, 4) is 0 Å². The van der Waals surface area contributed by atoms with Crippen LogP contribution in [0.25, 0.3) is 0 Å². The Hall–Kier alpha value is -2.47. The van der Waals surface area contributed by atoms with E-state index in [4.69, 9.17) is 0 Å². The van der Waals surface area contributed by atoms with Crippen LogP contribution in [0.15, 0.2) is 30.3 Å². The molecule has 1 aromatic carbocycles. The van der Waals surface area contributed by atoms with Crippen molar-refractivity contribution in [3.05, 3.63) is 53.0 Å². The number of nitrogens with zero attached hydrogens (tertiary/aromatic N) is 4. The third kappa shape index (κ3) is 3.95. The quantitative estimate of drug-likeness (QED) is 0.878. The highest BCUT2D eigenvalue weighted by Gasteiger charge is 2.45. The average molecular weight is 365 g/mol. The summed E-state index contributed by atoms with van der Waals surface area (Å²) in [6, 6.07) is 11.2. The summed E-state index contributed by atoms with van der Waals surface area (Å²) in [7, 11) is 0. The predicted octanol–water partition coefficient (Wildman–Crippen LogP) is 1.98. The molecule has 1 amide bonds. The zero-order valence-electron chi connectivity index (χ0n) is 16.3. The number of carbonyl (C=O) groups is 1. The largest absolute Gasteiger partial charge is 0.353 e. The first-order chi connectivity index (χ1) is 13.0. The van der Waals surface area contributed by atoms with E-state index in [1.807, 2.05) is 13.8 Å². The Morgan fingerprint density at radius 3 is 2.48 bits per heavy atom. The Balaban J connectivity index is 1.29. The number of rotatable bonds is 5. The molecule has 0 aliphatic carbocycles. The first-order valence-electron chi connectivity index (χ1n) is 9.63. The van der Waals surface area contributed by atoms with E-state index >= 15 is 0 Å². The third-order valence-electron chi connectivity index (χ3n) is 5.56. The first kappa shape index (κ1) is 17.9. The minimum Gasteiger partial charge on any atom is -0.353 e. The average Bonchev–Trinajstić information content (AvgIpc) is 2.65. The Bertz CT molecular complexity index is 803. The summed E-state index contributed by atoms with van der Waals surface area (Å²) in [5.41, 5.74) is 3.37. The summed E-state index contributed by atoms with van der Waals surface area (Å²) in [6.07, 6.45) is 1.17. The van der Waals surface area contributed by atoms with Gasteiger partial charge in [0.05, 0.1) is 6.54 Å². The molecule has 4 heterocycles. The molecule has 5 rings (SSSR count). The minimum absolute atomic E-state index is 0.104. The predicted molar refractivity (Wildman–Crippen MR) is 106 cm³/mol. The lowest BCUT2D eigenvalue weighted by atomic mass is 9.87. The van der Waals surface area contributed by atoms with Gasteiger partial charge in [-0.1, -0.05) is 29.8 Å². The van der Waals surface area contributed by atoms with Gasteiger partial charge in [0.1, 0.15) is 11.6 Å². The number of hydrogen-bond acceptors (Lipinski definition) is 5. The fraction of sp³-hybridized carbons (Fsp3) is 0.476. The normalized spacial score (nSPS) is 21.7. The van der Waals surface area contributed by atoms with E-state index < -0.39 is 0 Å². The van der Waals surface area contributed by atoms with Crippen LogP contribution in [0.4, 0.5) is 5.82 Å². The number of aromatic nitrogens is 2. The molecule has 0 radical (unpaired) electrons. The lowest BCUT2D eigenvalue weighted by Gasteiger charge is -2.56. The zero-order valence-corrected chi connectivity index (χ0v) is 16.3. The molecule has 6 nitrogen and oxygen atoms in total. The second-order valence-corrected chi connectivity index (χ2v) is 7.80. The highest BCUT2D eigenvalue weighted by atomic mass is 16.2. The number of amides is 1. The van der Waals surface area contributed by atoms with Gasteiger partial charge in [0.25, 0.3) is 0 Å². The number of carbonyl (C=O) groups excluding carboxylic acids is 1. The molecule has 2 atom stereocenters. The van der Waals surface area contributed by atoms with Gasteiger partial charge in [-0.2, -0.15) is 0 Å². The molecule has 142 valence electrons. The SMILES string of the molecule is Cc1ccc(CNC(=O)CN2C3CC2CN(c2cc(C)nc(C)n2)C3)cc1. The fourth-order valence-corrected chi connectivity index (χ4v) is 4.12. The van der Waals surface area contributed by atoms with Gasteiger partial charge in [-0.25, -0.2) is 9.97 Å². The zero-order chi connectivity index (χ0) is 19.0. The summed E-state index contributed by atoms with van der Waals surface area (Å²) in [5, 5.41) is 3.05. The van der Waals surface area contributed by atoms with Crippen molar-refractivity contribution in [2.75, 3.05) is 24.5 Å². The van der Waals surface area contributed by atoms with Crippen molar-refractivity contribution in [2.45, 2.75) is 45.8 Å². The van der Waals surface area contributed by atoms with E-state index in [0.717, 1.165) is 36.0 Å². The molecule has 3 fully saturated rings. The topological polar surface area (TPSA) is 61.4 Å². The van der Waals surface area contributed by atoms with Crippen molar-refractivity contribution in [1.29, 1.82) is 0 Å². The molecule has 0 spiro atoms. The Kier molecular flexibility index (Phi) is 4.83. The highest BCUT2D eigenvalue weighted by Crippen LogP contribution is 2.33. The summed E-state index contributed by atoms with van der Waals surface area (Å²) in [6.45, 7) is 8.94. The van der Waals surface area contributed by atoms with Crippen LogP contribution in [0.2, 0.25) is 0 Å². The maximum absolute atomic E-state index is 12.4. The molecule has 3 saturated heterocycles. The molecule has 3 aliphatic heterocycles. The van der Waals surface area contributed by atoms with Crippen LogP contribution >= 0.6 is 0 Å². The standard InChI is InChI=1S/C21H27N5O/c1-14-4-6-17(7-5-14)10-22-21(27)13-26-18-9-19(26)12-25(11-18)20-8-15(2)23-16(3)24-20/h4-8,18-19H,9-13H2,1-3H3,(H,22,27). The van der Waals surface area contributed by atoms with Crippen molar-refractivity contribution >= 4 is 11.7 Å². The minimum atomic E-state index is 0.104. The van der Waals surface area contributed by atoms with Gasteiger partial charge in [-0.3, -0.25) is 9.69 Å². The van der Waals surface area contributed by atoms with E-state index in [1.54, 1.807) is 0 Å². The molecule has 1 N–H and O–H groups in total. The van der Waals surface area contributed by atoms with Crippen LogP contribution in [0, 0.1) is 20.8 Å². The summed E-state index contributed by atoms with van der Waals surface area (Å²) >= 11 is 0. The molecule has 3 aliphatic rings. The van der Waals surface area contributed by atoms with Crippen LogP contribution in [0.3, 0.4) is 0 Å². The molecule has 0 saturated carbocycles. The molecule has 2 bridgehead atoms. The van der Waals surface area contributed by atoms with Crippen LogP contribution in [-0.4, -0.2) is 52.5 Å². The van der Waals surface area contributed by atoms with Gasteiger partial charge in [0, 0.05) is 43.5 Å². The highest BCUT2D eigenvalue weighted by molar-refractivity contribution is 5.78. The van der Waals surface area contributed by atoms with Gasteiger partial charge in [0.15, 0.2) is 0 Å². The van der Waals surface area contributed by atoms with E-state index in [0.29, 0.717) is 25.2 Å². The number of fused-ring (bicyclic) bond motifs is 2.